The normalized spacial score (nSPS) is 18.5. The van der Waals surface area contributed by atoms with E-state index in [4.69, 9.17) is 27.3 Å². The highest BCUT2D eigenvalue weighted by molar-refractivity contribution is 6.30. The van der Waals surface area contributed by atoms with Gasteiger partial charge in [-0.3, -0.25) is 9.69 Å². The van der Waals surface area contributed by atoms with E-state index in [0.29, 0.717) is 45.2 Å². The largest absolute Gasteiger partial charge is 0.396 e. The highest BCUT2D eigenvalue weighted by atomic mass is 35.5. The van der Waals surface area contributed by atoms with Gasteiger partial charge in [0, 0.05) is 48.3 Å². The first-order valence-corrected chi connectivity index (χ1v) is 12.7. The molecular formula is C26H32Cl3FN6O2. The first kappa shape index (κ1) is 30.1. The minimum atomic E-state index is -0.543. The van der Waals surface area contributed by atoms with E-state index in [1.165, 1.54) is 6.07 Å². The van der Waals surface area contributed by atoms with E-state index < -0.39 is 11.7 Å². The molecule has 0 spiro atoms. The molecule has 0 saturated carbocycles. The molecule has 2 fully saturated rings. The topological polar surface area (TPSA) is 108 Å². The molecule has 1 aromatic heterocycles. The van der Waals surface area contributed by atoms with Crippen molar-refractivity contribution in [2.24, 2.45) is 11.7 Å². The van der Waals surface area contributed by atoms with Gasteiger partial charge in [0.2, 0.25) is 11.9 Å². The first-order valence-electron chi connectivity index (χ1n) is 12.3. The maximum atomic E-state index is 14.6. The number of piperidine rings is 2. The fourth-order valence-electron chi connectivity index (χ4n) is 5.23. The molecule has 38 heavy (non-hydrogen) atoms. The number of aromatic nitrogens is 2. The van der Waals surface area contributed by atoms with Gasteiger partial charge < -0.3 is 21.1 Å². The first-order chi connectivity index (χ1) is 17.4. The zero-order chi connectivity index (χ0) is 25.2. The number of aliphatic hydroxyl groups excluding tert-OH is 1. The Kier molecular flexibility index (Phi) is 10.4. The van der Waals surface area contributed by atoms with Gasteiger partial charge in [-0.1, -0.05) is 11.6 Å². The third kappa shape index (κ3) is 6.58. The summed E-state index contributed by atoms with van der Waals surface area (Å²) in [7, 11) is 0. The lowest BCUT2D eigenvalue weighted by atomic mass is 9.94. The van der Waals surface area contributed by atoms with Crippen molar-refractivity contribution in [2.45, 2.75) is 31.7 Å². The number of carbonyl (C=O) groups is 1. The minimum absolute atomic E-state index is 0. The summed E-state index contributed by atoms with van der Waals surface area (Å²) in [6.45, 7) is 3.83. The van der Waals surface area contributed by atoms with Crippen LogP contribution >= 0.6 is 36.4 Å². The molecule has 206 valence electrons. The summed E-state index contributed by atoms with van der Waals surface area (Å²) in [5.74, 6) is 0.288. The van der Waals surface area contributed by atoms with Crippen LogP contribution in [0.3, 0.4) is 0 Å². The molecule has 5 rings (SSSR count). The molecule has 0 radical (unpaired) electrons. The minimum Gasteiger partial charge on any atom is -0.396 e. The lowest BCUT2D eigenvalue weighted by Crippen LogP contribution is -2.49. The molecule has 3 aromatic rings. The molecule has 1 atom stereocenters. The van der Waals surface area contributed by atoms with Gasteiger partial charge in [0.1, 0.15) is 11.6 Å². The summed E-state index contributed by atoms with van der Waals surface area (Å²) in [6, 6.07) is 9.85. The second-order valence-corrected chi connectivity index (χ2v) is 10.1. The molecule has 2 aliphatic rings. The number of carbonyl (C=O) groups excluding carboxylic acids is 1. The Bertz CT molecular complexity index is 1280. The molecule has 2 saturated heterocycles. The number of benzene rings is 2. The zero-order valence-electron chi connectivity index (χ0n) is 20.8. The van der Waals surface area contributed by atoms with Gasteiger partial charge in [-0.2, -0.15) is 4.98 Å². The van der Waals surface area contributed by atoms with Crippen LogP contribution in [0.1, 0.15) is 36.0 Å². The predicted octanol–water partition coefficient (Wildman–Crippen LogP) is 4.78. The molecule has 0 bridgehead atoms. The van der Waals surface area contributed by atoms with E-state index in [-0.39, 0.29) is 37.1 Å². The van der Waals surface area contributed by atoms with Crippen LogP contribution in [0.4, 0.5) is 21.8 Å². The molecule has 0 aliphatic carbocycles. The summed E-state index contributed by atoms with van der Waals surface area (Å²) >= 11 is 5.91. The van der Waals surface area contributed by atoms with Crippen LogP contribution in [0.5, 0.6) is 0 Å². The van der Waals surface area contributed by atoms with E-state index in [1.807, 2.05) is 0 Å². The number of halogens is 4. The van der Waals surface area contributed by atoms with Crippen LogP contribution in [0, 0.1) is 11.7 Å². The predicted molar refractivity (Wildman–Crippen MR) is 154 cm³/mol. The lowest BCUT2D eigenvalue weighted by Gasteiger charge is -2.42. The van der Waals surface area contributed by atoms with Crippen LogP contribution in [0.15, 0.2) is 36.4 Å². The monoisotopic (exact) mass is 584 g/mol. The Morgan fingerprint density at radius 1 is 1.11 bits per heavy atom. The number of hydrogen-bond donors (Lipinski definition) is 3. The Balaban J connectivity index is 0.00000200. The summed E-state index contributed by atoms with van der Waals surface area (Å²) in [6.07, 6.45) is 4.15. The van der Waals surface area contributed by atoms with Crippen LogP contribution in [0.2, 0.25) is 5.02 Å². The number of nitrogens with one attached hydrogen (secondary N) is 1. The van der Waals surface area contributed by atoms with E-state index in [9.17, 15) is 14.3 Å². The molecular weight excluding hydrogens is 554 g/mol. The fraction of sp³-hybridized carbons (Fsp3) is 0.423. The second kappa shape index (κ2) is 13.1. The van der Waals surface area contributed by atoms with Crippen molar-refractivity contribution in [3.05, 3.63) is 52.8 Å². The van der Waals surface area contributed by atoms with Crippen LogP contribution < -0.4 is 16.0 Å². The Labute approximate surface area is 238 Å². The third-order valence-corrected chi connectivity index (χ3v) is 7.46. The fourth-order valence-corrected chi connectivity index (χ4v) is 5.39. The molecule has 2 aromatic carbocycles. The number of anilines is 3. The Morgan fingerprint density at radius 2 is 1.87 bits per heavy atom. The third-order valence-electron chi connectivity index (χ3n) is 7.23. The summed E-state index contributed by atoms with van der Waals surface area (Å²) in [5, 5.41) is 13.6. The molecule has 3 heterocycles. The lowest BCUT2D eigenvalue weighted by molar-refractivity contribution is 0.0776. The van der Waals surface area contributed by atoms with Crippen LogP contribution in [-0.4, -0.2) is 64.7 Å². The average Bonchev–Trinajstić information content (AvgIpc) is 2.90. The molecule has 2 aliphatic heterocycles. The van der Waals surface area contributed by atoms with Crippen LogP contribution in [-0.2, 0) is 0 Å². The van der Waals surface area contributed by atoms with Gasteiger partial charge in [0.25, 0.3) is 0 Å². The number of nitrogens with two attached hydrogens (primary N) is 1. The van der Waals surface area contributed by atoms with E-state index in [0.717, 1.165) is 51.9 Å². The number of rotatable bonds is 6. The van der Waals surface area contributed by atoms with Gasteiger partial charge in [0.05, 0.1) is 11.2 Å². The van der Waals surface area contributed by atoms with Crippen molar-refractivity contribution < 1.29 is 14.3 Å². The summed E-state index contributed by atoms with van der Waals surface area (Å²) in [5.41, 5.74) is 6.64. The maximum Gasteiger partial charge on any atom is 0.248 e. The Morgan fingerprint density at radius 3 is 2.55 bits per heavy atom. The van der Waals surface area contributed by atoms with Gasteiger partial charge >= 0.3 is 0 Å². The number of hydrogen-bond acceptors (Lipinski definition) is 7. The van der Waals surface area contributed by atoms with Crippen molar-refractivity contribution in [2.75, 3.05) is 43.0 Å². The molecule has 8 nitrogen and oxygen atoms in total. The van der Waals surface area contributed by atoms with E-state index >= 15 is 0 Å². The van der Waals surface area contributed by atoms with Crippen molar-refractivity contribution in [1.82, 2.24) is 14.9 Å². The highest BCUT2D eigenvalue weighted by Gasteiger charge is 2.29. The maximum absolute atomic E-state index is 14.6. The zero-order valence-corrected chi connectivity index (χ0v) is 23.2. The van der Waals surface area contributed by atoms with Gasteiger partial charge in [-0.15, -0.1) is 24.8 Å². The molecule has 1 amide bonds. The summed E-state index contributed by atoms with van der Waals surface area (Å²) < 4.78 is 14.6. The number of amides is 1. The number of aliphatic hydroxyl groups is 1. The highest BCUT2D eigenvalue weighted by Crippen LogP contribution is 2.31. The number of nitrogens with zero attached hydrogens (tertiary/aromatic N) is 4. The van der Waals surface area contributed by atoms with Crippen LogP contribution in [0.25, 0.3) is 10.9 Å². The van der Waals surface area contributed by atoms with E-state index in [1.54, 1.807) is 30.3 Å². The van der Waals surface area contributed by atoms with Crippen molar-refractivity contribution in [3.63, 3.8) is 0 Å². The van der Waals surface area contributed by atoms with Crippen molar-refractivity contribution in [3.8, 4) is 0 Å². The van der Waals surface area contributed by atoms with Crippen molar-refractivity contribution >= 4 is 70.7 Å². The summed E-state index contributed by atoms with van der Waals surface area (Å²) in [4.78, 5) is 25.9. The van der Waals surface area contributed by atoms with Crippen molar-refractivity contribution in [1.29, 1.82) is 0 Å². The molecule has 12 heteroatoms. The average molecular weight is 586 g/mol. The second-order valence-electron chi connectivity index (χ2n) is 9.62. The standard InChI is InChI=1S/C26H30ClFN6O2.2ClH/c27-18-4-6-22(21(28)13-18)30-25-20-5-3-17(24(29)36)12-23(20)31-26(32-25)33-10-7-19(8-11-33)34-9-1-2-16(14-34)15-35;;/h3-6,12-13,16,19,35H,1-2,7-11,14-15H2,(H2,29,36)(H,30,31,32);2*1H. The SMILES string of the molecule is Cl.Cl.NC(=O)c1ccc2c(Nc3ccc(Cl)cc3F)nc(N3CCC(N4CCCC(CO)C4)CC3)nc2c1. The smallest absolute Gasteiger partial charge is 0.248 e. The number of likely N-dealkylation sites (tertiary alicyclic amines) is 1. The Hall–Kier alpha value is -2.43. The van der Waals surface area contributed by atoms with Gasteiger partial charge in [0.15, 0.2) is 0 Å². The van der Waals surface area contributed by atoms with Gasteiger partial charge in [-0.25, -0.2) is 9.37 Å². The van der Waals surface area contributed by atoms with Gasteiger partial charge in [-0.05, 0) is 74.5 Å². The van der Waals surface area contributed by atoms with E-state index in [2.05, 4.69) is 15.1 Å². The molecule has 1 unspecified atom stereocenters. The number of fused-ring (bicyclic) bond motifs is 1. The number of primary amides is 1. The molecule has 4 N–H and O–H groups in total. The quantitative estimate of drug-likeness (QED) is 0.382.